The van der Waals surface area contributed by atoms with Crippen molar-refractivity contribution in [1.29, 1.82) is 0 Å². The monoisotopic (exact) mass is 324 g/mol. The van der Waals surface area contributed by atoms with E-state index in [0.29, 0.717) is 12.6 Å². The molecule has 0 fully saturated rings. The van der Waals surface area contributed by atoms with E-state index in [4.69, 9.17) is 5.73 Å². The molecule has 1 atom stereocenters. The molecule has 0 amide bonds. The number of rotatable bonds is 18. The quantitative estimate of drug-likeness (QED) is 0.290. The van der Waals surface area contributed by atoms with Crippen LogP contribution in [0.2, 0.25) is 0 Å². The Morgan fingerprint density at radius 2 is 1.17 bits per heavy atom. The fourth-order valence-electron chi connectivity index (χ4n) is 2.84. The number of allylic oxidation sites excluding steroid dienone is 1. The van der Waals surface area contributed by atoms with Crippen molar-refractivity contribution < 1.29 is 0 Å². The van der Waals surface area contributed by atoms with Crippen molar-refractivity contribution in [3.05, 3.63) is 12.3 Å². The van der Waals surface area contributed by atoms with Gasteiger partial charge in [-0.05, 0) is 26.0 Å². The van der Waals surface area contributed by atoms with E-state index in [1.54, 1.807) is 0 Å². The Morgan fingerprint density at radius 1 is 0.739 bits per heavy atom. The number of nitrogens with two attached hydrogens (primary N) is 1. The highest BCUT2D eigenvalue weighted by Gasteiger charge is 1.94. The van der Waals surface area contributed by atoms with Crippen LogP contribution in [0.5, 0.6) is 0 Å². The van der Waals surface area contributed by atoms with Gasteiger partial charge in [0.2, 0.25) is 0 Å². The Labute approximate surface area is 146 Å². The van der Waals surface area contributed by atoms with Gasteiger partial charge < -0.3 is 11.1 Å². The topological polar surface area (TPSA) is 38.0 Å². The van der Waals surface area contributed by atoms with Crippen LogP contribution in [0.15, 0.2) is 12.3 Å². The summed E-state index contributed by atoms with van der Waals surface area (Å²) in [6.07, 6.45) is 25.5. The van der Waals surface area contributed by atoms with E-state index in [0.717, 1.165) is 0 Å². The maximum atomic E-state index is 5.55. The fourth-order valence-corrected chi connectivity index (χ4v) is 2.84. The van der Waals surface area contributed by atoms with Gasteiger partial charge in [0.15, 0.2) is 0 Å². The number of hydrogen-bond donors (Lipinski definition) is 2. The number of nitrogens with one attached hydrogen (secondary N) is 1. The Hall–Kier alpha value is -0.500. The lowest BCUT2D eigenvalue weighted by Crippen LogP contribution is -2.28. The molecule has 0 aromatic heterocycles. The van der Waals surface area contributed by atoms with Gasteiger partial charge in [0.25, 0.3) is 0 Å². The third-order valence-electron chi connectivity index (χ3n) is 4.58. The van der Waals surface area contributed by atoms with Crippen LogP contribution in [0.25, 0.3) is 0 Å². The molecule has 0 rings (SSSR count). The van der Waals surface area contributed by atoms with Crippen molar-refractivity contribution in [2.24, 2.45) is 5.73 Å². The first kappa shape index (κ1) is 22.5. The Balaban J connectivity index is 3.05. The average molecular weight is 325 g/mol. The summed E-state index contributed by atoms with van der Waals surface area (Å²) in [6.45, 7) is 5.10. The van der Waals surface area contributed by atoms with Gasteiger partial charge in [0.05, 0.1) is 0 Å². The molecular formula is C21H44N2. The summed E-state index contributed by atoms with van der Waals surface area (Å²) in [5, 5.41) is 3.28. The predicted octanol–water partition coefficient (Wildman–Crippen LogP) is 6.31. The van der Waals surface area contributed by atoms with Crippen molar-refractivity contribution >= 4 is 0 Å². The molecular weight excluding hydrogens is 280 g/mol. The molecule has 138 valence electrons. The van der Waals surface area contributed by atoms with Crippen molar-refractivity contribution in [1.82, 2.24) is 5.32 Å². The summed E-state index contributed by atoms with van der Waals surface area (Å²) in [5.41, 5.74) is 5.55. The van der Waals surface area contributed by atoms with Crippen LogP contribution in [0.4, 0.5) is 0 Å². The summed E-state index contributed by atoms with van der Waals surface area (Å²) in [4.78, 5) is 0. The summed E-state index contributed by atoms with van der Waals surface area (Å²) in [5.74, 6) is 0. The zero-order valence-electron chi connectivity index (χ0n) is 16.1. The van der Waals surface area contributed by atoms with Crippen molar-refractivity contribution in [3.8, 4) is 0 Å². The van der Waals surface area contributed by atoms with E-state index in [1.807, 2.05) is 0 Å². The van der Waals surface area contributed by atoms with Gasteiger partial charge >= 0.3 is 0 Å². The van der Waals surface area contributed by atoms with Gasteiger partial charge in [0, 0.05) is 12.6 Å². The molecule has 0 aliphatic rings. The first-order valence-electron chi connectivity index (χ1n) is 10.4. The molecule has 0 aromatic carbocycles. The second kappa shape index (κ2) is 19.5. The van der Waals surface area contributed by atoms with Gasteiger partial charge in [-0.3, -0.25) is 0 Å². The third-order valence-corrected chi connectivity index (χ3v) is 4.58. The molecule has 0 radical (unpaired) electrons. The van der Waals surface area contributed by atoms with Crippen molar-refractivity contribution in [2.45, 2.75) is 116 Å². The lowest BCUT2D eigenvalue weighted by Gasteiger charge is -2.07. The highest BCUT2D eigenvalue weighted by atomic mass is 14.9. The van der Waals surface area contributed by atoms with E-state index in [1.165, 1.54) is 96.3 Å². The average Bonchev–Trinajstić information content (AvgIpc) is 2.57. The summed E-state index contributed by atoms with van der Waals surface area (Å²) >= 11 is 0. The van der Waals surface area contributed by atoms with Crippen LogP contribution < -0.4 is 11.1 Å². The predicted molar refractivity (Wildman–Crippen MR) is 106 cm³/mol. The largest absolute Gasteiger partial charge is 0.387 e. The minimum Gasteiger partial charge on any atom is -0.387 e. The summed E-state index contributed by atoms with van der Waals surface area (Å²) in [6, 6.07) is 0.391. The van der Waals surface area contributed by atoms with E-state index < -0.39 is 0 Å². The lowest BCUT2D eigenvalue weighted by atomic mass is 10.0. The molecule has 0 bridgehead atoms. The molecule has 0 aliphatic heterocycles. The molecule has 0 spiro atoms. The fraction of sp³-hybridized carbons (Fsp3) is 0.905. The minimum atomic E-state index is 0.391. The summed E-state index contributed by atoms with van der Waals surface area (Å²) in [7, 11) is 0. The zero-order valence-corrected chi connectivity index (χ0v) is 16.1. The van der Waals surface area contributed by atoms with Gasteiger partial charge in [-0.2, -0.15) is 0 Å². The van der Waals surface area contributed by atoms with Crippen LogP contribution in [0.1, 0.15) is 110 Å². The Morgan fingerprint density at radius 3 is 1.61 bits per heavy atom. The second-order valence-corrected chi connectivity index (χ2v) is 7.09. The molecule has 2 heteroatoms. The van der Waals surface area contributed by atoms with Crippen LogP contribution >= 0.6 is 0 Å². The maximum absolute atomic E-state index is 5.55. The van der Waals surface area contributed by atoms with Crippen molar-refractivity contribution in [2.75, 3.05) is 6.54 Å². The number of unbranched alkanes of at least 4 members (excludes halogenated alkanes) is 14. The molecule has 1 unspecified atom stereocenters. The maximum Gasteiger partial charge on any atom is 0.0349 e. The molecule has 2 nitrogen and oxygen atoms in total. The van der Waals surface area contributed by atoms with Crippen LogP contribution in [-0.4, -0.2) is 12.6 Å². The minimum absolute atomic E-state index is 0.391. The van der Waals surface area contributed by atoms with E-state index in [2.05, 4.69) is 31.4 Å². The van der Waals surface area contributed by atoms with Crippen LogP contribution in [0.3, 0.4) is 0 Å². The molecule has 0 saturated carbocycles. The standard InChI is InChI=1S/C21H44N2/c1-3-4-5-6-7-8-9-10-11-12-13-14-15-16-17-18-19-23-21(2)20-22/h18-19,21,23H,3-17,20,22H2,1-2H3. The normalized spacial score (nSPS) is 12.8. The highest BCUT2D eigenvalue weighted by molar-refractivity contribution is 4.81. The highest BCUT2D eigenvalue weighted by Crippen LogP contribution is 2.13. The molecule has 0 heterocycles. The molecule has 23 heavy (non-hydrogen) atoms. The van der Waals surface area contributed by atoms with Gasteiger partial charge in [-0.25, -0.2) is 0 Å². The van der Waals surface area contributed by atoms with Crippen LogP contribution in [-0.2, 0) is 0 Å². The van der Waals surface area contributed by atoms with Gasteiger partial charge in [-0.15, -0.1) is 0 Å². The first-order chi connectivity index (χ1) is 11.3. The Kier molecular flexibility index (Phi) is 19.1. The zero-order chi connectivity index (χ0) is 17.0. The first-order valence-corrected chi connectivity index (χ1v) is 10.4. The van der Waals surface area contributed by atoms with E-state index in [-0.39, 0.29) is 0 Å². The lowest BCUT2D eigenvalue weighted by molar-refractivity contribution is 0.536. The molecule has 0 saturated heterocycles. The Bertz CT molecular complexity index is 238. The van der Waals surface area contributed by atoms with E-state index >= 15 is 0 Å². The third kappa shape index (κ3) is 19.5. The second-order valence-electron chi connectivity index (χ2n) is 7.09. The molecule has 0 aromatic rings. The number of hydrogen-bond acceptors (Lipinski definition) is 2. The summed E-state index contributed by atoms with van der Waals surface area (Å²) < 4.78 is 0. The molecule has 0 aliphatic carbocycles. The smallest absolute Gasteiger partial charge is 0.0349 e. The molecule has 3 N–H and O–H groups in total. The van der Waals surface area contributed by atoms with Gasteiger partial charge in [-0.1, -0.05) is 96.5 Å². The SMILES string of the molecule is CCCCCCCCCCCCCCCCC=CNC(C)CN. The van der Waals surface area contributed by atoms with Gasteiger partial charge in [0.1, 0.15) is 0 Å². The van der Waals surface area contributed by atoms with Crippen LogP contribution in [0, 0.1) is 0 Å². The van der Waals surface area contributed by atoms with E-state index in [9.17, 15) is 0 Å². The van der Waals surface area contributed by atoms with Crippen molar-refractivity contribution in [3.63, 3.8) is 0 Å².